The molecule has 0 spiro atoms. The van der Waals surface area contributed by atoms with Crippen LogP contribution in [0.5, 0.6) is 0 Å². The first-order chi connectivity index (χ1) is 16.4. The lowest BCUT2D eigenvalue weighted by molar-refractivity contribution is 0.627. The molecule has 0 fully saturated rings. The average Bonchev–Trinajstić information content (AvgIpc) is 3.42. The fraction of sp³-hybridized carbons (Fsp3) is 0.192. The Bertz CT molecular complexity index is 1550. The van der Waals surface area contributed by atoms with Gasteiger partial charge in [-0.15, -0.1) is 0 Å². The summed E-state index contributed by atoms with van der Waals surface area (Å²) >= 11 is 0. The monoisotopic (exact) mass is 453 g/mol. The second kappa shape index (κ2) is 8.62. The average molecular weight is 454 g/mol. The van der Waals surface area contributed by atoms with Gasteiger partial charge < -0.3 is 4.98 Å². The van der Waals surface area contributed by atoms with Crippen LogP contribution in [0.15, 0.2) is 53.8 Å². The quantitative estimate of drug-likeness (QED) is 0.314. The first-order valence-corrected chi connectivity index (χ1v) is 11.1. The van der Waals surface area contributed by atoms with E-state index in [2.05, 4.69) is 49.0 Å². The summed E-state index contributed by atoms with van der Waals surface area (Å²) in [6, 6.07) is 8.82. The number of pyridine rings is 2. The molecule has 34 heavy (non-hydrogen) atoms. The van der Waals surface area contributed by atoms with Gasteiger partial charge in [-0.1, -0.05) is 26.0 Å². The Balaban J connectivity index is 1.63. The topological polar surface area (TPSA) is 95.5 Å². The largest absolute Gasteiger partial charge is 0.335 e. The smallest absolute Gasteiger partial charge is 0.181 e. The molecule has 7 nitrogen and oxygen atoms in total. The maximum atomic E-state index is 14.1. The van der Waals surface area contributed by atoms with Crippen LogP contribution in [0, 0.1) is 18.7 Å². The van der Waals surface area contributed by atoms with Gasteiger partial charge >= 0.3 is 0 Å². The van der Waals surface area contributed by atoms with E-state index in [1.807, 2.05) is 44.3 Å². The maximum absolute atomic E-state index is 14.1. The minimum absolute atomic E-state index is 0.280. The molecule has 4 aromatic heterocycles. The molecule has 0 amide bonds. The summed E-state index contributed by atoms with van der Waals surface area (Å²) in [6.45, 7) is 7.99. The number of rotatable bonds is 5. The number of allylic oxidation sites excluding steroid dienone is 1. The van der Waals surface area contributed by atoms with Gasteiger partial charge in [-0.05, 0) is 55.2 Å². The molecule has 5 rings (SSSR count). The summed E-state index contributed by atoms with van der Waals surface area (Å²) in [5, 5.41) is 8.21. The zero-order valence-corrected chi connectivity index (χ0v) is 19.4. The van der Waals surface area contributed by atoms with Crippen LogP contribution in [0.2, 0.25) is 0 Å². The van der Waals surface area contributed by atoms with Gasteiger partial charge in [0.25, 0.3) is 0 Å². The van der Waals surface area contributed by atoms with Crippen LogP contribution >= 0.6 is 0 Å². The molecular weight excluding hydrogens is 429 g/mol. The molecule has 0 atom stereocenters. The Labute approximate surface area is 195 Å². The molecule has 2 N–H and O–H groups in total. The van der Waals surface area contributed by atoms with Crippen molar-refractivity contribution in [3.05, 3.63) is 65.7 Å². The van der Waals surface area contributed by atoms with Crippen LogP contribution in [0.4, 0.5) is 4.39 Å². The highest BCUT2D eigenvalue weighted by Gasteiger charge is 2.17. The van der Waals surface area contributed by atoms with E-state index in [0.29, 0.717) is 28.7 Å². The molecule has 0 saturated carbocycles. The zero-order chi connectivity index (χ0) is 23.8. The standard InChI is InChI=1S/C26H24FN7/c1-5-21(29-12-14(2)3)17-11-20-23(33-34-24(20)30-13-17)26-31-22-19(6-7-28-25(22)32-26)16-8-15(4)9-18(27)10-16/h5-14H,1-4H3,(H,28,31,32)(H,30,33,34)/b21-5-,29-12?. The van der Waals surface area contributed by atoms with Crippen LogP contribution in [0.3, 0.4) is 0 Å². The molecule has 0 radical (unpaired) electrons. The van der Waals surface area contributed by atoms with Crippen molar-refractivity contribution in [1.82, 2.24) is 30.1 Å². The summed E-state index contributed by atoms with van der Waals surface area (Å²) in [5.74, 6) is 0.644. The van der Waals surface area contributed by atoms with E-state index in [-0.39, 0.29) is 5.82 Å². The second-order valence-corrected chi connectivity index (χ2v) is 8.55. The van der Waals surface area contributed by atoms with Gasteiger partial charge in [-0.2, -0.15) is 5.10 Å². The fourth-order valence-corrected chi connectivity index (χ4v) is 3.93. The van der Waals surface area contributed by atoms with Gasteiger partial charge in [0.2, 0.25) is 0 Å². The number of H-pyrrole nitrogens is 2. The van der Waals surface area contributed by atoms with Crippen molar-refractivity contribution in [3.8, 4) is 22.6 Å². The molecule has 0 aliphatic carbocycles. The van der Waals surface area contributed by atoms with Gasteiger partial charge in [0, 0.05) is 29.7 Å². The van der Waals surface area contributed by atoms with Gasteiger partial charge in [-0.3, -0.25) is 10.1 Å². The molecule has 0 aliphatic rings. The highest BCUT2D eigenvalue weighted by atomic mass is 19.1. The van der Waals surface area contributed by atoms with Gasteiger partial charge in [-0.25, -0.2) is 19.3 Å². The van der Waals surface area contributed by atoms with Crippen molar-refractivity contribution in [2.24, 2.45) is 10.9 Å². The van der Waals surface area contributed by atoms with E-state index in [0.717, 1.165) is 38.9 Å². The number of aromatic amines is 2. The Hall–Kier alpha value is -4.20. The number of nitrogens with zero attached hydrogens (tertiary/aromatic N) is 5. The molecule has 0 aliphatic heterocycles. The van der Waals surface area contributed by atoms with E-state index in [4.69, 9.17) is 0 Å². The summed E-state index contributed by atoms with van der Waals surface area (Å²) in [7, 11) is 0. The van der Waals surface area contributed by atoms with Crippen molar-refractivity contribution in [1.29, 1.82) is 0 Å². The minimum atomic E-state index is -0.280. The molecule has 5 aromatic rings. The molecule has 0 saturated heterocycles. The number of aromatic nitrogens is 6. The number of aliphatic imine (C=N–C) groups is 1. The summed E-state index contributed by atoms with van der Waals surface area (Å²) in [4.78, 5) is 21.6. The number of halogens is 1. The van der Waals surface area contributed by atoms with E-state index in [1.165, 1.54) is 12.1 Å². The lowest BCUT2D eigenvalue weighted by Crippen LogP contribution is -1.90. The van der Waals surface area contributed by atoms with Crippen LogP contribution in [-0.2, 0) is 0 Å². The number of benzene rings is 1. The zero-order valence-electron chi connectivity index (χ0n) is 19.4. The minimum Gasteiger partial charge on any atom is -0.335 e. The SMILES string of the molecule is C/C=C(\N=CC(C)C)c1cnc2n[nH]c(-c3nc4nccc(-c5cc(C)cc(F)c5)c4[nH]3)c2c1. The number of hydrogen-bond donors (Lipinski definition) is 2. The first kappa shape index (κ1) is 21.6. The van der Waals surface area contributed by atoms with Crippen LogP contribution in [0.1, 0.15) is 31.9 Å². The predicted molar refractivity (Wildman–Crippen MR) is 134 cm³/mol. The Kier molecular flexibility index (Phi) is 5.49. The highest BCUT2D eigenvalue weighted by Crippen LogP contribution is 2.32. The normalized spacial score (nSPS) is 12.6. The van der Waals surface area contributed by atoms with Gasteiger partial charge in [0.1, 0.15) is 11.5 Å². The van der Waals surface area contributed by atoms with Crippen molar-refractivity contribution in [3.63, 3.8) is 0 Å². The van der Waals surface area contributed by atoms with E-state index >= 15 is 0 Å². The van der Waals surface area contributed by atoms with Gasteiger partial charge in [0.15, 0.2) is 17.1 Å². The lowest BCUT2D eigenvalue weighted by atomic mass is 10.0. The Morgan fingerprint density at radius 3 is 2.74 bits per heavy atom. The van der Waals surface area contributed by atoms with Crippen molar-refractivity contribution >= 4 is 34.1 Å². The summed E-state index contributed by atoms with van der Waals surface area (Å²) < 4.78 is 14.1. The summed E-state index contributed by atoms with van der Waals surface area (Å²) in [6.07, 6.45) is 7.32. The third-order valence-corrected chi connectivity index (χ3v) is 5.47. The number of imidazole rings is 1. The van der Waals surface area contributed by atoms with Crippen molar-refractivity contribution < 1.29 is 4.39 Å². The number of nitrogens with one attached hydrogen (secondary N) is 2. The van der Waals surface area contributed by atoms with E-state index in [1.54, 1.807) is 12.4 Å². The molecule has 1 aromatic carbocycles. The predicted octanol–water partition coefficient (Wildman–Crippen LogP) is 6.10. The molecule has 0 bridgehead atoms. The van der Waals surface area contributed by atoms with E-state index < -0.39 is 0 Å². The third kappa shape index (κ3) is 3.98. The van der Waals surface area contributed by atoms with Crippen LogP contribution in [0.25, 0.3) is 50.5 Å². The van der Waals surface area contributed by atoms with Crippen LogP contribution < -0.4 is 0 Å². The Morgan fingerprint density at radius 1 is 1.12 bits per heavy atom. The fourth-order valence-electron chi connectivity index (χ4n) is 3.93. The number of hydrogen-bond acceptors (Lipinski definition) is 5. The van der Waals surface area contributed by atoms with Crippen molar-refractivity contribution in [2.75, 3.05) is 0 Å². The summed E-state index contributed by atoms with van der Waals surface area (Å²) in [5.41, 5.74) is 6.71. The molecular formula is C26H24FN7. The second-order valence-electron chi connectivity index (χ2n) is 8.55. The lowest BCUT2D eigenvalue weighted by Gasteiger charge is -2.04. The number of fused-ring (bicyclic) bond motifs is 2. The third-order valence-electron chi connectivity index (χ3n) is 5.47. The van der Waals surface area contributed by atoms with E-state index in [9.17, 15) is 4.39 Å². The Morgan fingerprint density at radius 2 is 1.97 bits per heavy atom. The maximum Gasteiger partial charge on any atom is 0.181 e. The molecule has 4 heterocycles. The van der Waals surface area contributed by atoms with Crippen LogP contribution in [-0.4, -0.2) is 36.3 Å². The van der Waals surface area contributed by atoms with Crippen molar-refractivity contribution in [2.45, 2.75) is 27.7 Å². The highest BCUT2D eigenvalue weighted by molar-refractivity contribution is 5.95. The first-order valence-electron chi connectivity index (χ1n) is 11.1. The number of aryl methyl sites for hydroxylation is 1. The molecule has 0 unspecified atom stereocenters. The molecule has 170 valence electrons. The van der Waals surface area contributed by atoms with Gasteiger partial charge in [0.05, 0.1) is 16.6 Å². The molecule has 8 heteroatoms.